The third-order valence-corrected chi connectivity index (χ3v) is 6.42. The second-order valence-corrected chi connectivity index (χ2v) is 8.53. The molecule has 0 heterocycles. The monoisotopic (exact) mass is 405 g/mol. The van der Waals surface area contributed by atoms with Crippen molar-refractivity contribution in [2.45, 2.75) is 39.5 Å². The molecule has 0 aromatic heterocycles. The van der Waals surface area contributed by atoms with Crippen molar-refractivity contribution >= 4 is 11.4 Å². The van der Waals surface area contributed by atoms with E-state index in [0.717, 1.165) is 11.4 Å². The van der Waals surface area contributed by atoms with Crippen LogP contribution in [0.25, 0.3) is 0 Å². The molecule has 1 heteroatoms. The van der Waals surface area contributed by atoms with Crippen LogP contribution in [-0.4, -0.2) is 0 Å². The lowest BCUT2D eigenvalue weighted by Crippen LogP contribution is -2.00. The molecule has 0 fully saturated rings. The van der Waals surface area contributed by atoms with Crippen LogP contribution in [0.5, 0.6) is 0 Å². The Morgan fingerprint density at radius 2 is 0.839 bits per heavy atom. The molecule has 0 saturated carbocycles. The van der Waals surface area contributed by atoms with E-state index in [-0.39, 0.29) is 0 Å². The van der Waals surface area contributed by atoms with Crippen LogP contribution in [0.1, 0.15) is 59.1 Å². The summed E-state index contributed by atoms with van der Waals surface area (Å²) in [6, 6.07) is 34.9. The number of benzene rings is 4. The van der Waals surface area contributed by atoms with E-state index in [4.69, 9.17) is 0 Å². The smallest absolute Gasteiger partial charge is 0.0384 e. The molecule has 0 aliphatic carbocycles. The molecular weight excluding hydrogens is 374 g/mol. The maximum Gasteiger partial charge on any atom is 0.0384 e. The first-order valence-corrected chi connectivity index (χ1v) is 11.1. The highest BCUT2D eigenvalue weighted by Crippen LogP contribution is 2.30. The first-order chi connectivity index (χ1) is 15.0. The van der Waals surface area contributed by atoms with Crippen molar-refractivity contribution in [2.75, 3.05) is 5.32 Å². The van der Waals surface area contributed by atoms with Crippen molar-refractivity contribution in [3.63, 3.8) is 0 Å². The molecule has 2 atom stereocenters. The molecular formula is C30H31N. The molecule has 0 saturated heterocycles. The molecule has 0 aliphatic rings. The van der Waals surface area contributed by atoms with E-state index >= 15 is 0 Å². The van der Waals surface area contributed by atoms with E-state index in [1.165, 1.54) is 33.4 Å². The van der Waals surface area contributed by atoms with Crippen molar-refractivity contribution in [3.8, 4) is 0 Å². The van der Waals surface area contributed by atoms with Gasteiger partial charge in [0.15, 0.2) is 0 Å². The molecule has 0 radical (unpaired) electrons. The average molecular weight is 406 g/mol. The number of anilines is 2. The second kappa shape index (κ2) is 9.22. The summed E-state index contributed by atoms with van der Waals surface area (Å²) < 4.78 is 0. The molecule has 4 aromatic carbocycles. The van der Waals surface area contributed by atoms with Gasteiger partial charge in [0, 0.05) is 23.2 Å². The van der Waals surface area contributed by atoms with Crippen LogP contribution in [0.4, 0.5) is 11.4 Å². The van der Waals surface area contributed by atoms with E-state index in [2.05, 4.69) is 130 Å². The van der Waals surface area contributed by atoms with Crippen LogP contribution >= 0.6 is 0 Å². The molecule has 0 aliphatic heterocycles. The third kappa shape index (κ3) is 4.72. The molecule has 31 heavy (non-hydrogen) atoms. The maximum absolute atomic E-state index is 3.54. The normalized spacial score (nSPS) is 12.9. The van der Waals surface area contributed by atoms with Gasteiger partial charge >= 0.3 is 0 Å². The van der Waals surface area contributed by atoms with Gasteiger partial charge in [-0.2, -0.15) is 0 Å². The zero-order chi connectivity index (χ0) is 21.8. The van der Waals surface area contributed by atoms with E-state index in [0.29, 0.717) is 11.8 Å². The number of aryl methyl sites for hydroxylation is 2. The van der Waals surface area contributed by atoms with E-state index in [1.54, 1.807) is 0 Å². The zero-order valence-electron chi connectivity index (χ0n) is 18.9. The van der Waals surface area contributed by atoms with Gasteiger partial charge in [-0.3, -0.25) is 0 Å². The van der Waals surface area contributed by atoms with Crippen molar-refractivity contribution < 1.29 is 0 Å². The van der Waals surface area contributed by atoms with Gasteiger partial charge in [0.05, 0.1) is 0 Å². The van der Waals surface area contributed by atoms with Crippen molar-refractivity contribution in [1.82, 2.24) is 0 Å². The summed E-state index contributed by atoms with van der Waals surface area (Å²) in [6.07, 6.45) is 0. The van der Waals surface area contributed by atoms with Crippen molar-refractivity contribution in [1.29, 1.82) is 0 Å². The van der Waals surface area contributed by atoms with E-state index in [1.807, 2.05) is 0 Å². The predicted molar refractivity (Wildman–Crippen MR) is 134 cm³/mol. The number of rotatable bonds is 6. The Bertz CT molecular complexity index is 1050. The number of hydrogen-bond acceptors (Lipinski definition) is 1. The molecule has 0 amide bonds. The van der Waals surface area contributed by atoms with Crippen molar-refractivity contribution in [2.24, 2.45) is 0 Å². The molecule has 1 nitrogen and oxygen atoms in total. The SMILES string of the molecule is Cc1ccccc1C(C)c1ccc(Nc2ccc(C(C)c3ccccc3C)cc2)cc1. The first kappa shape index (κ1) is 20.9. The Labute approximate surface area is 186 Å². The average Bonchev–Trinajstić information content (AvgIpc) is 2.80. The first-order valence-electron chi connectivity index (χ1n) is 11.1. The van der Waals surface area contributed by atoms with Gasteiger partial charge in [0.25, 0.3) is 0 Å². The fourth-order valence-corrected chi connectivity index (χ4v) is 4.38. The summed E-state index contributed by atoms with van der Waals surface area (Å²) >= 11 is 0. The third-order valence-electron chi connectivity index (χ3n) is 6.42. The van der Waals surface area contributed by atoms with Crippen LogP contribution in [0.2, 0.25) is 0 Å². The Hall–Kier alpha value is -3.32. The fraction of sp³-hybridized carbons (Fsp3) is 0.200. The molecule has 1 N–H and O–H groups in total. The van der Waals surface area contributed by atoms with Crippen LogP contribution < -0.4 is 5.32 Å². The minimum absolute atomic E-state index is 0.387. The topological polar surface area (TPSA) is 12.0 Å². The Morgan fingerprint density at radius 1 is 0.484 bits per heavy atom. The van der Waals surface area contributed by atoms with Crippen LogP contribution in [0.3, 0.4) is 0 Å². The molecule has 4 rings (SSSR count). The van der Waals surface area contributed by atoms with E-state index < -0.39 is 0 Å². The predicted octanol–water partition coefficient (Wildman–Crippen LogP) is 8.35. The lowest BCUT2D eigenvalue weighted by molar-refractivity contribution is 0.910. The fourth-order valence-electron chi connectivity index (χ4n) is 4.38. The quantitative estimate of drug-likeness (QED) is 0.340. The van der Waals surface area contributed by atoms with Gasteiger partial charge in [0.2, 0.25) is 0 Å². The Morgan fingerprint density at radius 3 is 1.19 bits per heavy atom. The van der Waals surface area contributed by atoms with Gasteiger partial charge in [-0.1, -0.05) is 86.6 Å². The highest BCUT2D eigenvalue weighted by Gasteiger charge is 2.12. The minimum Gasteiger partial charge on any atom is -0.356 e. The van der Waals surface area contributed by atoms with Crippen LogP contribution in [0, 0.1) is 13.8 Å². The van der Waals surface area contributed by atoms with Gasteiger partial charge in [-0.15, -0.1) is 0 Å². The van der Waals surface area contributed by atoms with Gasteiger partial charge < -0.3 is 5.32 Å². The number of hydrogen-bond donors (Lipinski definition) is 1. The summed E-state index contributed by atoms with van der Waals surface area (Å²) in [6.45, 7) is 8.93. The summed E-state index contributed by atoms with van der Waals surface area (Å²) in [4.78, 5) is 0. The molecule has 156 valence electrons. The Kier molecular flexibility index (Phi) is 6.23. The molecule has 0 spiro atoms. The summed E-state index contributed by atoms with van der Waals surface area (Å²) in [5, 5.41) is 3.54. The van der Waals surface area contributed by atoms with Crippen LogP contribution in [-0.2, 0) is 0 Å². The van der Waals surface area contributed by atoms with Crippen LogP contribution in [0.15, 0.2) is 97.1 Å². The Balaban J connectivity index is 1.45. The molecule has 4 aromatic rings. The highest BCUT2D eigenvalue weighted by molar-refractivity contribution is 5.61. The summed E-state index contributed by atoms with van der Waals surface area (Å²) in [5.41, 5.74) is 10.4. The van der Waals surface area contributed by atoms with Crippen molar-refractivity contribution in [3.05, 3.63) is 130 Å². The lowest BCUT2D eigenvalue weighted by Gasteiger charge is -2.17. The van der Waals surface area contributed by atoms with Gasteiger partial charge in [0.1, 0.15) is 0 Å². The van der Waals surface area contributed by atoms with E-state index in [9.17, 15) is 0 Å². The summed E-state index contributed by atoms with van der Waals surface area (Å²) in [5.74, 6) is 0.773. The highest BCUT2D eigenvalue weighted by atomic mass is 14.9. The maximum atomic E-state index is 3.54. The molecule has 2 unspecified atom stereocenters. The number of nitrogens with one attached hydrogen (secondary N) is 1. The molecule has 0 bridgehead atoms. The second-order valence-electron chi connectivity index (χ2n) is 8.53. The van der Waals surface area contributed by atoms with Gasteiger partial charge in [-0.05, 0) is 71.5 Å². The summed E-state index contributed by atoms with van der Waals surface area (Å²) in [7, 11) is 0. The lowest BCUT2D eigenvalue weighted by atomic mass is 9.90. The minimum atomic E-state index is 0.387. The standard InChI is InChI=1S/C30H31N/c1-21-9-5-7-11-29(21)23(3)25-13-17-27(18-14-25)31-28-19-15-26(16-20-28)24(4)30-12-8-6-10-22(30)2/h5-20,23-24,31H,1-4H3. The largest absolute Gasteiger partial charge is 0.356 e. The van der Waals surface area contributed by atoms with Gasteiger partial charge in [-0.25, -0.2) is 0 Å². The zero-order valence-corrected chi connectivity index (χ0v) is 18.9.